The predicted octanol–water partition coefficient (Wildman–Crippen LogP) is 2.97. The minimum absolute atomic E-state index is 0.0405. The highest BCUT2D eigenvalue weighted by Gasteiger charge is 2.17. The number of ether oxygens (including phenoxy) is 1. The molecule has 0 spiro atoms. The summed E-state index contributed by atoms with van der Waals surface area (Å²) in [5.41, 5.74) is 0.362. The third-order valence-electron chi connectivity index (χ3n) is 3.12. The lowest BCUT2D eigenvalue weighted by atomic mass is 10.2. The molecular weight excluding hydrogens is 399 g/mol. The Kier molecular flexibility index (Phi) is 6.18. The van der Waals surface area contributed by atoms with Crippen molar-refractivity contribution in [1.82, 2.24) is 5.32 Å². The van der Waals surface area contributed by atoms with Crippen LogP contribution in [0.2, 0.25) is 0 Å². The average molecular weight is 411 g/mol. The summed E-state index contributed by atoms with van der Waals surface area (Å²) in [7, 11) is 0. The van der Waals surface area contributed by atoms with Crippen molar-refractivity contribution in [3.05, 3.63) is 74.0 Å². The average Bonchev–Trinajstić information content (AvgIpc) is 2.59. The molecule has 0 unspecified atom stereocenters. The SMILES string of the molecule is O=C(COC(=O)c1ccc(Br)c([N+](=O)[O-])c1)NCc1ccc(F)cc1. The van der Waals surface area contributed by atoms with Crippen LogP contribution in [-0.4, -0.2) is 23.4 Å². The van der Waals surface area contributed by atoms with Crippen molar-refractivity contribution in [2.45, 2.75) is 6.54 Å². The van der Waals surface area contributed by atoms with Crippen LogP contribution in [0.15, 0.2) is 46.9 Å². The Bertz CT molecular complexity index is 811. The van der Waals surface area contributed by atoms with Crippen LogP contribution in [0.4, 0.5) is 10.1 Å². The summed E-state index contributed by atoms with van der Waals surface area (Å²) >= 11 is 3.01. The number of esters is 1. The molecule has 0 fully saturated rings. The number of amides is 1. The molecule has 1 N–H and O–H groups in total. The highest BCUT2D eigenvalue weighted by atomic mass is 79.9. The second kappa shape index (κ2) is 8.34. The maximum absolute atomic E-state index is 12.8. The van der Waals surface area contributed by atoms with E-state index >= 15 is 0 Å². The number of carbonyl (C=O) groups excluding carboxylic acids is 2. The van der Waals surface area contributed by atoms with E-state index in [1.807, 2.05) is 0 Å². The van der Waals surface area contributed by atoms with E-state index in [0.29, 0.717) is 5.56 Å². The van der Waals surface area contributed by atoms with E-state index in [4.69, 9.17) is 4.74 Å². The van der Waals surface area contributed by atoms with Gasteiger partial charge in [0.15, 0.2) is 6.61 Å². The van der Waals surface area contributed by atoms with Crippen molar-refractivity contribution in [2.24, 2.45) is 0 Å². The van der Waals surface area contributed by atoms with Crippen LogP contribution in [0, 0.1) is 15.9 Å². The van der Waals surface area contributed by atoms with Crippen LogP contribution >= 0.6 is 15.9 Å². The van der Waals surface area contributed by atoms with Gasteiger partial charge in [0, 0.05) is 12.6 Å². The van der Waals surface area contributed by atoms with Crippen LogP contribution < -0.4 is 5.32 Å². The highest BCUT2D eigenvalue weighted by Crippen LogP contribution is 2.25. The molecule has 0 bridgehead atoms. The first-order valence-corrected chi connectivity index (χ1v) is 7.78. The maximum Gasteiger partial charge on any atom is 0.338 e. The molecule has 2 aromatic carbocycles. The Morgan fingerprint density at radius 2 is 1.88 bits per heavy atom. The van der Waals surface area contributed by atoms with E-state index in [2.05, 4.69) is 21.2 Å². The van der Waals surface area contributed by atoms with E-state index in [9.17, 15) is 24.1 Å². The first-order chi connectivity index (χ1) is 11.9. The van der Waals surface area contributed by atoms with Gasteiger partial charge in [-0.2, -0.15) is 0 Å². The quantitative estimate of drug-likeness (QED) is 0.448. The maximum atomic E-state index is 12.8. The van der Waals surface area contributed by atoms with E-state index in [-0.39, 0.29) is 28.1 Å². The molecule has 0 aliphatic heterocycles. The summed E-state index contributed by atoms with van der Waals surface area (Å²) in [6.07, 6.45) is 0. The molecule has 2 aromatic rings. The lowest BCUT2D eigenvalue weighted by Gasteiger charge is -2.07. The van der Waals surface area contributed by atoms with Gasteiger partial charge in [-0.3, -0.25) is 14.9 Å². The fourth-order valence-electron chi connectivity index (χ4n) is 1.85. The molecule has 0 atom stereocenters. The molecule has 0 aromatic heterocycles. The zero-order valence-corrected chi connectivity index (χ0v) is 14.3. The van der Waals surface area contributed by atoms with Crippen LogP contribution in [0.3, 0.4) is 0 Å². The van der Waals surface area contributed by atoms with Crippen LogP contribution in [0.1, 0.15) is 15.9 Å². The number of benzene rings is 2. The van der Waals surface area contributed by atoms with Crippen molar-refractivity contribution in [3.63, 3.8) is 0 Å². The zero-order chi connectivity index (χ0) is 18.4. The Labute approximate surface area is 150 Å². The van der Waals surface area contributed by atoms with Crippen molar-refractivity contribution in [3.8, 4) is 0 Å². The fourth-order valence-corrected chi connectivity index (χ4v) is 2.24. The molecular formula is C16H12BrFN2O5. The number of carbonyl (C=O) groups is 2. The Morgan fingerprint density at radius 1 is 1.20 bits per heavy atom. The molecule has 0 aliphatic carbocycles. The van der Waals surface area contributed by atoms with Crippen LogP contribution in [-0.2, 0) is 16.1 Å². The molecule has 130 valence electrons. The van der Waals surface area contributed by atoms with Crippen molar-refractivity contribution < 1.29 is 23.6 Å². The number of rotatable bonds is 6. The third-order valence-corrected chi connectivity index (χ3v) is 3.79. The fraction of sp³-hybridized carbons (Fsp3) is 0.125. The molecule has 1 amide bonds. The van der Waals surface area contributed by atoms with E-state index < -0.39 is 23.4 Å². The summed E-state index contributed by atoms with van der Waals surface area (Å²) in [6, 6.07) is 9.32. The molecule has 0 radical (unpaired) electrons. The van der Waals surface area contributed by atoms with Gasteiger partial charge in [0.05, 0.1) is 15.0 Å². The zero-order valence-electron chi connectivity index (χ0n) is 12.7. The highest BCUT2D eigenvalue weighted by molar-refractivity contribution is 9.10. The summed E-state index contributed by atoms with van der Waals surface area (Å²) in [4.78, 5) is 33.7. The predicted molar refractivity (Wildman–Crippen MR) is 89.3 cm³/mol. The molecule has 25 heavy (non-hydrogen) atoms. The largest absolute Gasteiger partial charge is 0.452 e. The molecule has 7 nitrogen and oxygen atoms in total. The standard InChI is InChI=1S/C16H12BrFN2O5/c17-13-6-3-11(7-14(13)20(23)24)16(22)25-9-15(21)19-8-10-1-4-12(18)5-2-10/h1-7H,8-9H2,(H,19,21). The summed E-state index contributed by atoms with van der Waals surface area (Å²) < 4.78 is 17.8. The lowest BCUT2D eigenvalue weighted by Crippen LogP contribution is -2.28. The van der Waals surface area contributed by atoms with E-state index in [0.717, 1.165) is 6.07 Å². The van der Waals surface area contributed by atoms with Crippen LogP contribution in [0.5, 0.6) is 0 Å². The molecule has 0 saturated carbocycles. The summed E-state index contributed by atoms with van der Waals surface area (Å²) in [6.45, 7) is -0.385. The van der Waals surface area contributed by atoms with Gasteiger partial charge in [-0.15, -0.1) is 0 Å². The Balaban J connectivity index is 1.87. The Morgan fingerprint density at radius 3 is 2.52 bits per heavy atom. The second-order valence-corrected chi connectivity index (χ2v) is 5.76. The second-order valence-electron chi connectivity index (χ2n) is 4.90. The van der Waals surface area contributed by atoms with E-state index in [1.165, 1.54) is 36.4 Å². The minimum atomic E-state index is -0.854. The first-order valence-electron chi connectivity index (χ1n) is 6.99. The first kappa shape index (κ1) is 18.5. The monoisotopic (exact) mass is 410 g/mol. The number of hydrogen-bond donors (Lipinski definition) is 1. The molecule has 9 heteroatoms. The van der Waals surface area contributed by atoms with Gasteiger partial charge in [-0.05, 0) is 45.8 Å². The molecule has 0 aliphatic rings. The summed E-state index contributed by atoms with van der Waals surface area (Å²) in [5.74, 6) is -1.79. The Hall–Kier alpha value is -2.81. The van der Waals surface area contributed by atoms with Gasteiger partial charge in [0.1, 0.15) is 5.82 Å². The van der Waals surface area contributed by atoms with Crippen molar-refractivity contribution >= 4 is 33.5 Å². The smallest absolute Gasteiger partial charge is 0.338 e. The molecule has 0 heterocycles. The van der Waals surface area contributed by atoms with Crippen molar-refractivity contribution in [2.75, 3.05) is 6.61 Å². The number of nitrogens with one attached hydrogen (secondary N) is 1. The van der Waals surface area contributed by atoms with Crippen LogP contribution in [0.25, 0.3) is 0 Å². The van der Waals surface area contributed by atoms with E-state index in [1.54, 1.807) is 0 Å². The number of halogens is 2. The number of nitrogens with zero attached hydrogens (tertiary/aromatic N) is 1. The topological polar surface area (TPSA) is 98.5 Å². The molecule has 0 saturated heterocycles. The van der Waals surface area contributed by atoms with Crippen molar-refractivity contribution in [1.29, 1.82) is 0 Å². The minimum Gasteiger partial charge on any atom is -0.452 e. The van der Waals surface area contributed by atoms with Gasteiger partial charge >= 0.3 is 5.97 Å². The normalized spacial score (nSPS) is 10.2. The van der Waals surface area contributed by atoms with Gasteiger partial charge in [0.2, 0.25) is 0 Å². The summed E-state index contributed by atoms with van der Waals surface area (Å²) in [5, 5.41) is 13.3. The van der Waals surface area contributed by atoms with Gasteiger partial charge in [0.25, 0.3) is 11.6 Å². The van der Waals surface area contributed by atoms with Gasteiger partial charge < -0.3 is 10.1 Å². The number of nitro groups is 1. The lowest BCUT2D eigenvalue weighted by molar-refractivity contribution is -0.385. The number of hydrogen-bond acceptors (Lipinski definition) is 5. The molecule has 2 rings (SSSR count). The number of nitro benzene ring substituents is 1. The third kappa shape index (κ3) is 5.35. The van der Waals surface area contributed by atoms with Gasteiger partial charge in [-0.1, -0.05) is 12.1 Å². The van der Waals surface area contributed by atoms with Gasteiger partial charge in [-0.25, -0.2) is 9.18 Å².